The van der Waals surface area contributed by atoms with Crippen LogP contribution in [0.4, 0.5) is 21.6 Å². The third-order valence-electron chi connectivity index (χ3n) is 3.91. The standard InChI is InChI=1S/C20H18FN3O/c1-13-3-8-17(11-14(13)2)23-18-9-10-19(22-12-18)24-20(25)15-4-6-16(21)7-5-15/h3-12,23H,1-2H3,(H,22,24,25). The minimum Gasteiger partial charge on any atom is -0.354 e. The van der Waals surface area contributed by atoms with Crippen LogP contribution in [0.15, 0.2) is 60.8 Å². The van der Waals surface area contributed by atoms with E-state index in [0.717, 1.165) is 11.4 Å². The summed E-state index contributed by atoms with van der Waals surface area (Å²) in [5.41, 5.74) is 4.63. The highest BCUT2D eigenvalue weighted by molar-refractivity contribution is 6.03. The van der Waals surface area contributed by atoms with Gasteiger partial charge in [-0.25, -0.2) is 9.37 Å². The van der Waals surface area contributed by atoms with Gasteiger partial charge in [-0.05, 0) is 73.5 Å². The van der Waals surface area contributed by atoms with Gasteiger partial charge in [0.2, 0.25) is 0 Å². The second-order valence-corrected chi connectivity index (χ2v) is 5.82. The Morgan fingerprint density at radius 3 is 2.28 bits per heavy atom. The lowest BCUT2D eigenvalue weighted by Gasteiger charge is -2.09. The van der Waals surface area contributed by atoms with Crippen LogP contribution >= 0.6 is 0 Å². The Morgan fingerprint density at radius 2 is 1.64 bits per heavy atom. The molecule has 3 aromatic rings. The number of benzene rings is 2. The Kier molecular flexibility index (Phi) is 4.75. The summed E-state index contributed by atoms with van der Waals surface area (Å²) < 4.78 is 12.9. The van der Waals surface area contributed by atoms with Gasteiger partial charge in [-0.3, -0.25) is 4.79 Å². The van der Waals surface area contributed by atoms with E-state index in [0.29, 0.717) is 11.4 Å². The molecule has 0 unspecified atom stereocenters. The fourth-order valence-corrected chi connectivity index (χ4v) is 2.32. The molecule has 4 nitrogen and oxygen atoms in total. The van der Waals surface area contributed by atoms with Gasteiger partial charge >= 0.3 is 0 Å². The van der Waals surface area contributed by atoms with Gasteiger partial charge in [0.15, 0.2) is 0 Å². The molecule has 0 saturated heterocycles. The first-order chi connectivity index (χ1) is 12.0. The van der Waals surface area contributed by atoms with E-state index >= 15 is 0 Å². The van der Waals surface area contributed by atoms with E-state index in [2.05, 4.69) is 41.6 Å². The smallest absolute Gasteiger partial charge is 0.256 e. The highest BCUT2D eigenvalue weighted by Gasteiger charge is 2.07. The maximum Gasteiger partial charge on any atom is 0.256 e. The van der Waals surface area contributed by atoms with Crippen molar-refractivity contribution in [2.75, 3.05) is 10.6 Å². The largest absolute Gasteiger partial charge is 0.354 e. The average Bonchev–Trinajstić information content (AvgIpc) is 2.60. The van der Waals surface area contributed by atoms with Crippen molar-refractivity contribution < 1.29 is 9.18 Å². The molecule has 25 heavy (non-hydrogen) atoms. The Hall–Kier alpha value is -3.21. The summed E-state index contributed by atoms with van der Waals surface area (Å²) in [6.07, 6.45) is 1.65. The molecule has 3 rings (SSSR count). The average molecular weight is 335 g/mol. The van der Waals surface area contributed by atoms with Crippen molar-refractivity contribution in [3.8, 4) is 0 Å². The molecule has 0 radical (unpaired) electrons. The lowest BCUT2D eigenvalue weighted by molar-refractivity contribution is 0.102. The lowest BCUT2D eigenvalue weighted by atomic mass is 10.1. The van der Waals surface area contributed by atoms with Crippen molar-refractivity contribution in [2.45, 2.75) is 13.8 Å². The number of pyridine rings is 1. The predicted octanol–water partition coefficient (Wildman–Crippen LogP) is 4.83. The molecular formula is C20H18FN3O. The van der Waals surface area contributed by atoms with Crippen molar-refractivity contribution in [1.82, 2.24) is 4.98 Å². The number of carbonyl (C=O) groups excluding carboxylic acids is 1. The molecule has 1 heterocycles. The number of rotatable bonds is 4. The molecular weight excluding hydrogens is 317 g/mol. The molecule has 2 aromatic carbocycles. The summed E-state index contributed by atoms with van der Waals surface area (Å²) in [5.74, 6) is -0.279. The SMILES string of the molecule is Cc1ccc(Nc2ccc(NC(=O)c3ccc(F)cc3)nc2)cc1C. The number of aryl methyl sites for hydroxylation is 2. The minimum atomic E-state index is -0.378. The van der Waals surface area contributed by atoms with E-state index in [4.69, 9.17) is 0 Å². The number of anilines is 3. The zero-order valence-electron chi connectivity index (χ0n) is 14.0. The van der Waals surface area contributed by atoms with Gasteiger partial charge in [-0.2, -0.15) is 0 Å². The number of nitrogens with one attached hydrogen (secondary N) is 2. The van der Waals surface area contributed by atoms with Gasteiger partial charge in [-0.15, -0.1) is 0 Å². The van der Waals surface area contributed by atoms with E-state index in [1.807, 2.05) is 12.1 Å². The van der Waals surface area contributed by atoms with Crippen LogP contribution in [-0.2, 0) is 0 Å². The Labute approximate surface area is 145 Å². The van der Waals surface area contributed by atoms with E-state index in [-0.39, 0.29) is 11.7 Å². The second kappa shape index (κ2) is 7.13. The maximum atomic E-state index is 12.9. The second-order valence-electron chi connectivity index (χ2n) is 5.82. The highest BCUT2D eigenvalue weighted by atomic mass is 19.1. The molecule has 5 heteroatoms. The number of hydrogen-bond acceptors (Lipinski definition) is 3. The zero-order valence-corrected chi connectivity index (χ0v) is 14.0. The Balaban J connectivity index is 1.66. The van der Waals surface area contributed by atoms with Gasteiger partial charge in [0.25, 0.3) is 5.91 Å². The third-order valence-corrected chi connectivity index (χ3v) is 3.91. The van der Waals surface area contributed by atoms with Crippen molar-refractivity contribution in [1.29, 1.82) is 0 Å². The van der Waals surface area contributed by atoms with Crippen LogP contribution in [0.1, 0.15) is 21.5 Å². The van der Waals surface area contributed by atoms with Crippen molar-refractivity contribution in [3.05, 3.63) is 83.3 Å². The zero-order chi connectivity index (χ0) is 17.8. The van der Waals surface area contributed by atoms with Crippen LogP contribution in [0, 0.1) is 19.7 Å². The molecule has 0 saturated carbocycles. The molecule has 1 amide bonds. The molecule has 0 spiro atoms. The predicted molar refractivity (Wildman–Crippen MR) is 97.8 cm³/mol. The molecule has 0 bridgehead atoms. The maximum absolute atomic E-state index is 12.9. The molecule has 0 fully saturated rings. The first-order valence-electron chi connectivity index (χ1n) is 7.88. The van der Waals surface area contributed by atoms with Gasteiger partial charge in [0.05, 0.1) is 11.9 Å². The summed E-state index contributed by atoms with van der Waals surface area (Å²) in [6, 6.07) is 15.0. The highest BCUT2D eigenvalue weighted by Crippen LogP contribution is 2.20. The first kappa shape index (κ1) is 16.6. The molecule has 126 valence electrons. The molecule has 1 aromatic heterocycles. The summed E-state index contributed by atoms with van der Waals surface area (Å²) in [7, 11) is 0. The fraction of sp³-hybridized carbons (Fsp3) is 0.100. The van der Waals surface area contributed by atoms with Crippen LogP contribution in [0.5, 0.6) is 0 Å². The van der Waals surface area contributed by atoms with Crippen molar-refractivity contribution in [2.24, 2.45) is 0 Å². The quantitative estimate of drug-likeness (QED) is 0.718. The van der Waals surface area contributed by atoms with Crippen LogP contribution in [0.3, 0.4) is 0 Å². The third kappa shape index (κ3) is 4.20. The summed E-state index contributed by atoms with van der Waals surface area (Å²) >= 11 is 0. The van der Waals surface area contributed by atoms with E-state index in [9.17, 15) is 9.18 Å². The fourth-order valence-electron chi connectivity index (χ4n) is 2.32. The van der Waals surface area contributed by atoms with Gasteiger partial charge in [-0.1, -0.05) is 6.07 Å². The molecule has 0 aliphatic carbocycles. The van der Waals surface area contributed by atoms with Crippen LogP contribution in [0.2, 0.25) is 0 Å². The number of halogens is 1. The monoisotopic (exact) mass is 335 g/mol. The van der Waals surface area contributed by atoms with Gasteiger partial charge in [0, 0.05) is 11.3 Å². The summed E-state index contributed by atoms with van der Waals surface area (Å²) in [4.78, 5) is 16.3. The number of carbonyl (C=O) groups is 1. The Morgan fingerprint density at radius 1 is 0.920 bits per heavy atom. The topological polar surface area (TPSA) is 54.0 Å². The van der Waals surface area contributed by atoms with Gasteiger partial charge < -0.3 is 10.6 Å². The molecule has 0 aliphatic rings. The van der Waals surface area contributed by atoms with Crippen LogP contribution in [0.25, 0.3) is 0 Å². The molecule has 0 atom stereocenters. The Bertz CT molecular complexity index is 890. The van der Waals surface area contributed by atoms with E-state index < -0.39 is 0 Å². The van der Waals surface area contributed by atoms with Crippen LogP contribution < -0.4 is 10.6 Å². The van der Waals surface area contributed by atoms with Crippen molar-refractivity contribution in [3.63, 3.8) is 0 Å². The lowest BCUT2D eigenvalue weighted by Crippen LogP contribution is -2.12. The summed E-state index contributed by atoms with van der Waals surface area (Å²) in [5, 5.41) is 5.96. The number of hydrogen-bond donors (Lipinski definition) is 2. The molecule has 2 N–H and O–H groups in total. The number of aromatic nitrogens is 1. The number of nitrogens with zero attached hydrogens (tertiary/aromatic N) is 1. The molecule has 0 aliphatic heterocycles. The first-order valence-corrected chi connectivity index (χ1v) is 7.88. The van der Waals surface area contributed by atoms with E-state index in [1.54, 1.807) is 12.3 Å². The van der Waals surface area contributed by atoms with Crippen LogP contribution in [-0.4, -0.2) is 10.9 Å². The normalized spacial score (nSPS) is 10.4. The minimum absolute atomic E-state index is 0.331. The van der Waals surface area contributed by atoms with Gasteiger partial charge in [0.1, 0.15) is 11.6 Å². The van der Waals surface area contributed by atoms with E-state index in [1.165, 1.54) is 35.4 Å². The number of amides is 1. The summed E-state index contributed by atoms with van der Waals surface area (Å²) in [6.45, 7) is 4.13. The van der Waals surface area contributed by atoms with Crippen molar-refractivity contribution >= 4 is 23.1 Å².